The first-order valence-corrected chi connectivity index (χ1v) is 7.78. The Morgan fingerprint density at radius 3 is 2.65 bits per heavy atom. The van der Waals surface area contributed by atoms with Crippen LogP contribution in [0, 0.1) is 24.0 Å². The molecule has 2 aromatic rings. The molecule has 1 aromatic carbocycles. The number of nitrogens with zero attached hydrogens (tertiary/aromatic N) is 1. The smallest absolute Gasteiger partial charge is 0.283 e. The number of nitro benzene ring substituents is 1. The number of halogens is 1. The Labute approximate surface area is 130 Å². The summed E-state index contributed by atoms with van der Waals surface area (Å²) in [5.41, 5.74) is 2.32. The van der Waals surface area contributed by atoms with Gasteiger partial charge in [-0.1, -0.05) is 6.07 Å². The van der Waals surface area contributed by atoms with Crippen LogP contribution in [0.3, 0.4) is 0 Å². The Bertz CT molecular complexity index is 621. The second-order valence-corrected chi connectivity index (χ2v) is 6.79. The van der Waals surface area contributed by atoms with E-state index in [1.54, 1.807) is 23.5 Å². The van der Waals surface area contributed by atoms with E-state index in [-0.39, 0.29) is 10.6 Å². The highest BCUT2D eigenvalue weighted by Gasteiger charge is 2.12. The van der Waals surface area contributed by atoms with E-state index in [2.05, 4.69) is 41.2 Å². The summed E-state index contributed by atoms with van der Waals surface area (Å²) in [6.07, 6.45) is 0. The van der Waals surface area contributed by atoms with Crippen LogP contribution in [0.25, 0.3) is 0 Å². The van der Waals surface area contributed by atoms with Crippen LogP contribution in [0.1, 0.15) is 20.9 Å². The largest absolute Gasteiger partial charge is 0.308 e. The van der Waals surface area contributed by atoms with Crippen LogP contribution in [0.5, 0.6) is 0 Å². The molecule has 1 aromatic heterocycles. The minimum atomic E-state index is -0.375. The molecule has 0 atom stereocenters. The van der Waals surface area contributed by atoms with Gasteiger partial charge in [0, 0.05) is 28.9 Å². The third-order valence-corrected chi connectivity index (χ3v) is 4.88. The summed E-state index contributed by atoms with van der Waals surface area (Å²) in [4.78, 5) is 13.1. The van der Waals surface area contributed by atoms with E-state index in [4.69, 9.17) is 0 Å². The Hall–Kier alpha value is -1.24. The zero-order valence-corrected chi connectivity index (χ0v) is 13.7. The van der Waals surface area contributed by atoms with Gasteiger partial charge in [0.1, 0.15) is 0 Å². The summed E-state index contributed by atoms with van der Waals surface area (Å²) in [6, 6.07) is 7.38. The predicted molar refractivity (Wildman–Crippen MR) is 85.1 cm³/mol. The van der Waals surface area contributed by atoms with Crippen LogP contribution in [-0.4, -0.2) is 4.92 Å². The highest BCUT2D eigenvalue weighted by molar-refractivity contribution is 9.10. The monoisotopic (exact) mass is 354 g/mol. The Morgan fingerprint density at radius 2 is 2.05 bits per heavy atom. The molecule has 0 saturated heterocycles. The van der Waals surface area contributed by atoms with Gasteiger partial charge in [-0.25, -0.2) is 0 Å². The fraction of sp³-hybridized carbons (Fsp3) is 0.286. The van der Waals surface area contributed by atoms with Crippen molar-refractivity contribution in [2.75, 3.05) is 0 Å². The Kier molecular flexibility index (Phi) is 4.91. The summed E-state index contributed by atoms with van der Waals surface area (Å²) < 4.78 is 0.510. The standard InChI is InChI=1S/C14H15BrN2O2S/c1-9-5-12(20-10(9)2)8-16-7-11-3-4-13(15)14(6-11)17(18)19/h3-6,16H,7-8H2,1-2H3. The van der Waals surface area contributed by atoms with Crippen molar-refractivity contribution in [2.45, 2.75) is 26.9 Å². The Morgan fingerprint density at radius 1 is 1.30 bits per heavy atom. The lowest BCUT2D eigenvalue weighted by Gasteiger charge is -2.04. The molecule has 0 bridgehead atoms. The number of nitro groups is 1. The molecular formula is C14H15BrN2O2S. The number of thiophene rings is 1. The lowest BCUT2D eigenvalue weighted by molar-refractivity contribution is -0.385. The van der Waals surface area contributed by atoms with Gasteiger partial charge in [0.25, 0.3) is 5.69 Å². The zero-order valence-electron chi connectivity index (χ0n) is 11.3. The summed E-state index contributed by atoms with van der Waals surface area (Å²) in [7, 11) is 0. The van der Waals surface area contributed by atoms with E-state index in [9.17, 15) is 10.1 Å². The maximum atomic E-state index is 10.9. The van der Waals surface area contributed by atoms with Crippen molar-refractivity contribution in [3.05, 3.63) is 59.7 Å². The third kappa shape index (κ3) is 3.65. The topological polar surface area (TPSA) is 55.2 Å². The molecule has 0 aliphatic rings. The molecule has 0 saturated carbocycles. The number of aryl methyl sites for hydroxylation is 2. The summed E-state index contributed by atoms with van der Waals surface area (Å²) in [6.45, 7) is 5.61. The number of benzene rings is 1. The molecule has 0 aliphatic heterocycles. The van der Waals surface area contributed by atoms with Gasteiger partial charge < -0.3 is 5.32 Å². The molecule has 0 radical (unpaired) electrons. The van der Waals surface area contributed by atoms with Crippen molar-refractivity contribution in [2.24, 2.45) is 0 Å². The molecule has 106 valence electrons. The quantitative estimate of drug-likeness (QED) is 0.642. The zero-order chi connectivity index (χ0) is 14.7. The van der Waals surface area contributed by atoms with Crippen molar-refractivity contribution >= 4 is 33.0 Å². The van der Waals surface area contributed by atoms with Crippen molar-refractivity contribution in [3.63, 3.8) is 0 Å². The van der Waals surface area contributed by atoms with Gasteiger partial charge in [0.15, 0.2) is 0 Å². The van der Waals surface area contributed by atoms with Gasteiger partial charge in [-0.15, -0.1) is 11.3 Å². The lowest BCUT2D eigenvalue weighted by atomic mass is 10.2. The highest BCUT2D eigenvalue weighted by atomic mass is 79.9. The van der Waals surface area contributed by atoms with E-state index in [0.29, 0.717) is 11.0 Å². The van der Waals surface area contributed by atoms with Crippen molar-refractivity contribution < 1.29 is 4.92 Å². The summed E-state index contributed by atoms with van der Waals surface area (Å²) in [5, 5.41) is 14.2. The van der Waals surface area contributed by atoms with Gasteiger partial charge in [-0.05, 0) is 53.0 Å². The molecule has 6 heteroatoms. The van der Waals surface area contributed by atoms with Crippen molar-refractivity contribution in [1.29, 1.82) is 0 Å². The van der Waals surface area contributed by atoms with Gasteiger partial charge >= 0.3 is 0 Å². The van der Waals surface area contributed by atoms with E-state index < -0.39 is 0 Å². The number of hydrogen-bond donors (Lipinski definition) is 1. The van der Waals surface area contributed by atoms with Crippen LogP contribution in [-0.2, 0) is 13.1 Å². The fourth-order valence-corrected chi connectivity index (χ4v) is 3.29. The second-order valence-electron chi connectivity index (χ2n) is 4.60. The highest BCUT2D eigenvalue weighted by Crippen LogP contribution is 2.25. The molecule has 4 nitrogen and oxygen atoms in total. The summed E-state index contributed by atoms with van der Waals surface area (Å²) in [5.74, 6) is 0. The molecule has 0 unspecified atom stereocenters. The Balaban J connectivity index is 1.97. The molecule has 20 heavy (non-hydrogen) atoms. The van der Waals surface area contributed by atoms with Crippen LogP contribution in [0.2, 0.25) is 0 Å². The first kappa shape index (κ1) is 15.2. The molecule has 0 fully saturated rings. The minimum absolute atomic E-state index is 0.104. The van der Waals surface area contributed by atoms with Crippen LogP contribution >= 0.6 is 27.3 Å². The van der Waals surface area contributed by atoms with Crippen molar-refractivity contribution in [3.8, 4) is 0 Å². The average Bonchev–Trinajstić information content (AvgIpc) is 2.70. The maximum Gasteiger partial charge on any atom is 0.283 e. The molecule has 2 rings (SSSR count). The maximum absolute atomic E-state index is 10.9. The molecule has 0 amide bonds. The first-order valence-electron chi connectivity index (χ1n) is 6.17. The molecule has 1 heterocycles. The fourth-order valence-electron chi connectivity index (χ4n) is 1.87. The van der Waals surface area contributed by atoms with Crippen LogP contribution in [0.15, 0.2) is 28.7 Å². The van der Waals surface area contributed by atoms with Crippen LogP contribution < -0.4 is 5.32 Å². The SMILES string of the molecule is Cc1cc(CNCc2ccc(Br)c([N+](=O)[O-])c2)sc1C. The van der Waals surface area contributed by atoms with Gasteiger partial charge in [0.05, 0.1) is 9.40 Å². The van der Waals surface area contributed by atoms with Gasteiger partial charge in [-0.2, -0.15) is 0 Å². The number of nitrogens with one attached hydrogen (secondary N) is 1. The first-order chi connectivity index (χ1) is 9.47. The second kappa shape index (κ2) is 6.47. The van der Waals surface area contributed by atoms with Crippen molar-refractivity contribution in [1.82, 2.24) is 5.32 Å². The van der Waals surface area contributed by atoms with Gasteiger partial charge in [0.2, 0.25) is 0 Å². The normalized spacial score (nSPS) is 10.8. The third-order valence-electron chi connectivity index (χ3n) is 3.05. The number of hydrogen-bond acceptors (Lipinski definition) is 4. The molecule has 0 aliphatic carbocycles. The van der Waals surface area contributed by atoms with Gasteiger partial charge in [-0.3, -0.25) is 10.1 Å². The summed E-state index contributed by atoms with van der Waals surface area (Å²) >= 11 is 4.97. The van der Waals surface area contributed by atoms with E-state index in [0.717, 1.165) is 12.1 Å². The molecule has 0 spiro atoms. The van der Waals surface area contributed by atoms with E-state index in [1.165, 1.54) is 15.3 Å². The average molecular weight is 355 g/mol. The lowest BCUT2D eigenvalue weighted by Crippen LogP contribution is -2.11. The predicted octanol–water partition coefficient (Wildman–Crippen LogP) is 4.33. The van der Waals surface area contributed by atoms with E-state index in [1.807, 2.05) is 6.07 Å². The molecular weight excluding hydrogens is 340 g/mol. The number of rotatable bonds is 5. The van der Waals surface area contributed by atoms with E-state index >= 15 is 0 Å². The molecule has 1 N–H and O–H groups in total. The minimum Gasteiger partial charge on any atom is -0.308 e. The van der Waals surface area contributed by atoms with Crippen LogP contribution in [0.4, 0.5) is 5.69 Å².